The number of rotatable bonds is 5. The molecule has 0 unspecified atom stereocenters. The van der Waals surface area contributed by atoms with Gasteiger partial charge in [-0.05, 0) is 29.6 Å². The minimum absolute atomic E-state index is 0.260. The molecule has 6 nitrogen and oxygen atoms in total. The number of halogens is 1. The molecule has 0 saturated carbocycles. The Hall–Kier alpha value is -2.38. The Labute approximate surface area is 134 Å². The molecule has 22 heavy (non-hydrogen) atoms. The summed E-state index contributed by atoms with van der Waals surface area (Å²) < 4.78 is 5.17. The number of benzene rings is 1. The molecule has 3 aromatic rings. The molecule has 0 spiro atoms. The van der Waals surface area contributed by atoms with Gasteiger partial charge in [0.2, 0.25) is 17.6 Å². The first-order valence-corrected chi connectivity index (χ1v) is 7.64. The lowest BCUT2D eigenvalue weighted by Crippen LogP contribution is -2.12. The molecule has 0 aliphatic rings. The molecule has 0 aliphatic carbocycles. The lowest BCUT2D eigenvalue weighted by atomic mass is 10.2. The van der Waals surface area contributed by atoms with Crippen LogP contribution in [0, 0.1) is 0 Å². The number of nitrogens with one attached hydrogen (secondary N) is 1. The monoisotopic (exact) mass is 334 g/mol. The molecule has 0 saturated heterocycles. The molecule has 0 fully saturated rings. The fraction of sp³-hybridized carbons (Fsp3) is 0.0714. The smallest absolute Gasteiger partial charge is 0.250 e. The minimum Gasteiger partial charge on any atom is -0.376 e. The molecule has 2 aromatic heterocycles. The molecule has 1 aromatic carbocycles. The number of anilines is 1. The van der Waals surface area contributed by atoms with Crippen molar-refractivity contribution >= 4 is 34.5 Å². The van der Waals surface area contributed by atoms with E-state index in [9.17, 15) is 4.79 Å². The Morgan fingerprint density at radius 3 is 3.00 bits per heavy atom. The van der Waals surface area contributed by atoms with Crippen molar-refractivity contribution in [1.82, 2.24) is 10.1 Å². The molecule has 8 heteroatoms. The Morgan fingerprint density at radius 2 is 2.27 bits per heavy atom. The quantitative estimate of drug-likeness (QED) is 0.747. The van der Waals surface area contributed by atoms with Gasteiger partial charge in [-0.25, -0.2) is 0 Å². The summed E-state index contributed by atoms with van der Waals surface area (Å²) in [6.45, 7) is 0.330. The zero-order valence-corrected chi connectivity index (χ0v) is 12.8. The maximum Gasteiger partial charge on any atom is 0.250 e. The zero-order chi connectivity index (χ0) is 15.5. The van der Waals surface area contributed by atoms with Crippen LogP contribution >= 0.6 is 22.9 Å². The molecule has 3 rings (SSSR count). The van der Waals surface area contributed by atoms with Crippen LogP contribution in [0.15, 0.2) is 39.5 Å². The predicted octanol–water partition coefficient (Wildman–Crippen LogP) is 3.16. The average Bonchev–Trinajstić information content (AvgIpc) is 3.17. The van der Waals surface area contributed by atoms with Gasteiger partial charge in [-0.1, -0.05) is 16.8 Å². The van der Waals surface area contributed by atoms with Gasteiger partial charge < -0.3 is 15.6 Å². The molecule has 2 heterocycles. The van der Waals surface area contributed by atoms with Gasteiger partial charge in [0.25, 0.3) is 0 Å². The first kappa shape index (κ1) is 14.6. The highest BCUT2D eigenvalue weighted by Crippen LogP contribution is 2.21. The van der Waals surface area contributed by atoms with Crippen LogP contribution < -0.4 is 11.1 Å². The number of hydrogen-bond donors (Lipinski definition) is 2. The van der Waals surface area contributed by atoms with Gasteiger partial charge in [-0.15, -0.1) is 0 Å². The second kappa shape index (κ2) is 6.17. The van der Waals surface area contributed by atoms with Crippen LogP contribution in [0.1, 0.15) is 16.2 Å². The average molecular weight is 335 g/mol. The summed E-state index contributed by atoms with van der Waals surface area (Å²) >= 11 is 7.47. The maximum atomic E-state index is 11.3. The molecule has 0 bridgehead atoms. The second-order valence-electron chi connectivity index (χ2n) is 4.44. The van der Waals surface area contributed by atoms with Gasteiger partial charge in [0.05, 0.1) is 17.1 Å². The number of thiophene rings is 1. The van der Waals surface area contributed by atoms with Crippen LogP contribution in [0.3, 0.4) is 0 Å². The van der Waals surface area contributed by atoms with Crippen molar-refractivity contribution in [3.8, 4) is 11.4 Å². The summed E-state index contributed by atoms with van der Waals surface area (Å²) in [7, 11) is 0. The molecule has 112 valence electrons. The number of carbonyl (C=O) groups is 1. The van der Waals surface area contributed by atoms with Crippen molar-refractivity contribution in [1.29, 1.82) is 0 Å². The summed E-state index contributed by atoms with van der Waals surface area (Å²) in [4.78, 5) is 15.5. The number of nitrogens with two attached hydrogens (primary N) is 1. The van der Waals surface area contributed by atoms with Crippen LogP contribution in [0.25, 0.3) is 11.4 Å². The molecule has 1 amide bonds. The zero-order valence-electron chi connectivity index (χ0n) is 11.2. The number of carbonyl (C=O) groups excluding carboxylic acids is 1. The first-order valence-electron chi connectivity index (χ1n) is 6.32. The van der Waals surface area contributed by atoms with E-state index in [1.807, 2.05) is 16.8 Å². The van der Waals surface area contributed by atoms with E-state index in [1.54, 1.807) is 29.5 Å². The fourth-order valence-corrected chi connectivity index (χ4v) is 2.68. The second-order valence-corrected chi connectivity index (χ2v) is 5.62. The van der Waals surface area contributed by atoms with Gasteiger partial charge in [0, 0.05) is 16.6 Å². The molecule has 3 N–H and O–H groups in total. The van der Waals surface area contributed by atoms with E-state index in [0.717, 1.165) is 5.56 Å². The fourth-order valence-electron chi connectivity index (χ4n) is 1.84. The summed E-state index contributed by atoms with van der Waals surface area (Å²) in [6, 6.07) is 6.85. The van der Waals surface area contributed by atoms with Gasteiger partial charge in [0.15, 0.2) is 0 Å². The topological polar surface area (TPSA) is 94.0 Å². The highest BCUT2D eigenvalue weighted by molar-refractivity contribution is 7.08. The number of nitrogens with zero attached hydrogens (tertiary/aromatic N) is 2. The van der Waals surface area contributed by atoms with E-state index >= 15 is 0 Å². The highest BCUT2D eigenvalue weighted by atomic mass is 35.5. The van der Waals surface area contributed by atoms with E-state index in [4.69, 9.17) is 21.9 Å². The van der Waals surface area contributed by atoms with Crippen molar-refractivity contribution < 1.29 is 9.32 Å². The van der Waals surface area contributed by atoms with Crippen LogP contribution in [0.5, 0.6) is 0 Å². The Balaban J connectivity index is 1.70. The van der Waals surface area contributed by atoms with E-state index < -0.39 is 5.91 Å². The van der Waals surface area contributed by atoms with Gasteiger partial charge in [-0.2, -0.15) is 16.3 Å². The lowest BCUT2D eigenvalue weighted by molar-refractivity contribution is 0.100. The Bertz CT molecular complexity index is 801. The summed E-state index contributed by atoms with van der Waals surface area (Å²) in [5.74, 6) is 0.412. The first-order chi connectivity index (χ1) is 10.6. The summed E-state index contributed by atoms with van der Waals surface area (Å²) in [6.07, 6.45) is 0. The third kappa shape index (κ3) is 3.10. The van der Waals surface area contributed by atoms with Gasteiger partial charge >= 0.3 is 0 Å². The molecule has 0 atom stereocenters. The molecule has 0 radical (unpaired) electrons. The van der Waals surface area contributed by atoms with Gasteiger partial charge in [-0.3, -0.25) is 4.79 Å². The van der Waals surface area contributed by atoms with Crippen molar-refractivity contribution in [3.63, 3.8) is 0 Å². The minimum atomic E-state index is -0.578. The largest absolute Gasteiger partial charge is 0.376 e. The van der Waals surface area contributed by atoms with Crippen molar-refractivity contribution in [2.24, 2.45) is 5.73 Å². The normalized spacial score (nSPS) is 10.6. The number of aromatic nitrogens is 2. The van der Waals surface area contributed by atoms with Crippen molar-refractivity contribution in [2.45, 2.75) is 6.54 Å². The molecular weight excluding hydrogens is 324 g/mol. The standard InChI is InChI=1S/C14H11ClN4O2S/c15-11-2-1-9(5-10(11)13(16)20)17-6-12-18-14(19-21-12)8-3-4-22-7-8/h1-5,7,17H,6H2,(H2,16,20). The van der Waals surface area contributed by atoms with E-state index in [1.165, 1.54) is 0 Å². The summed E-state index contributed by atoms with van der Waals surface area (Å²) in [5.41, 5.74) is 7.12. The number of primary amides is 1. The predicted molar refractivity (Wildman–Crippen MR) is 84.9 cm³/mol. The van der Waals surface area contributed by atoms with Crippen LogP contribution in [0.2, 0.25) is 5.02 Å². The van der Waals surface area contributed by atoms with E-state index in [2.05, 4.69) is 15.5 Å². The number of hydrogen-bond acceptors (Lipinski definition) is 6. The highest BCUT2D eigenvalue weighted by Gasteiger charge is 2.10. The molecule has 0 aliphatic heterocycles. The summed E-state index contributed by atoms with van der Waals surface area (Å²) in [5, 5.41) is 11.2. The SMILES string of the molecule is NC(=O)c1cc(NCc2nc(-c3ccsc3)no2)ccc1Cl. The third-order valence-corrected chi connectivity index (χ3v) is 3.94. The Kier molecular flexibility index (Phi) is 4.08. The third-order valence-electron chi connectivity index (χ3n) is 2.92. The number of amides is 1. The molecular formula is C14H11ClN4O2S. The van der Waals surface area contributed by atoms with Crippen LogP contribution in [0.4, 0.5) is 5.69 Å². The van der Waals surface area contributed by atoms with E-state index in [-0.39, 0.29) is 5.56 Å². The van der Waals surface area contributed by atoms with E-state index in [0.29, 0.717) is 29.0 Å². The van der Waals surface area contributed by atoms with Crippen molar-refractivity contribution in [2.75, 3.05) is 5.32 Å². The van der Waals surface area contributed by atoms with Gasteiger partial charge in [0.1, 0.15) is 0 Å². The lowest BCUT2D eigenvalue weighted by Gasteiger charge is -2.06. The van der Waals surface area contributed by atoms with Crippen LogP contribution in [-0.2, 0) is 6.54 Å². The van der Waals surface area contributed by atoms with Crippen LogP contribution in [-0.4, -0.2) is 16.0 Å². The maximum absolute atomic E-state index is 11.3. The van der Waals surface area contributed by atoms with Crippen molar-refractivity contribution in [3.05, 3.63) is 51.5 Å². The Morgan fingerprint density at radius 1 is 1.41 bits per heavy atom.